The fourth-order valence-electron chi connectivity index (χ4n) is 4.20. The number of anilines is 1. The van der Waals surface area contributed by atoms with E-state index in [0.29, 0.717) is 23.9 Å². The average Bonchev–Trinajstić information content (AvgIpc) is 3.04. The zero-order valence-corrected chi connectivity index (χ0v) is 15.0. The third kappa shape index (κ3) is 3.63. The molecule has 2 fully saturated rings. The van der Waals surface area contributed by atoms with Crippen LogP contribution in [0.15, 0.2) is 18.2 Å². The zero-order valence-electron chi connectivity index (χ0n) is 15.0. The van der Waals surface area contributed by atoms with Crippen LogP contribution in [0.2, 0.25) is 0 Å². The van der Waals surface area contributed by atoms with Crippen LogP contribution in [-0.4, -0.2) is 32.0 Å². The standard InChI is InChI=1S/C19H27N3O3/c1-13(23)22-16-9-14(6-7-17(16)25-2)10-21-18(24)19-8-4-3-5-15(19)11-20-12-19/h6-7,9,15,20H,3-5,8,10-12H2,1-2H3,(H,21,24)(H,22,23)/t15-,19+/m0/s1. The van der Waals surface area contributed by atoms with Gasteiger partial charge in [0.05, 0.1) is 18.2 Å². The lowest BCUT2D eigenvalue weighted by Gasteiger charge is -2.37. The van der Waals surface area contributed by atoms with Crippen LogP contribution < -0.4 is 20.7 Å². The predicted octanol–water partition coefficient (Wildman–Crippen LogP) is 2.05. The number of methoxy groups -OCH3 is 1. The number of hydrogen-bond acceptors (Lipinski definition) is 4. The van der Waals surface area contributed by atoms with E-state index in [-0.39, 0.29) is 17.2 Å². The fourth-order valence-corrected chi connectivity index (χ4v) is 4.20. The Bertz CT molecular complexity index is 661. The summed E-state index contributed by atoms with van der Waals surface area (Å²) >= 11 is 0. The first-order valence-electron chi connectivity index (χ1n) is 8.99. The number of rotatable bonds is 5. The van der Waals surface area contributed by atoms with Crippen LogP contribution in [0.25, 0.3) is 0 Å². The van der Waals surface area contributed by atoms with Crippen molar-refractivity contribution in [1.82, 2.24) is 10.6 Å². The Morgan fingerprint density at radius 2 is 2.20 bits per heavy atom. The Balaban J connectivity index is 1.68. The van der Waals surface area contributed by atoms with Crippen LogP contribution in [0.5, 0.6) is 5.75 Å². The van der Waals surface area contributed by atoms with Crippen molar-refractivity contribution >= 4 is 17.5 Å². The first-order valence-corrected chi connectivity index (χ1v) is 8.99. The highest BCUT2D eigenvalue weighted by Crippen LogP contribution is 2.43. The monoisotopic (exact) mass is 345 g/mol. The van der Waals surface area contributed by atoms with Gasteiger partial charge in [-0.25, -0.2) is 0 Å². The van der Waals surface area contributed by atoms with Gasteiger partial charge in [-0.2, -0.15) is 0 Å². The second-order valence-corrected chi connectivity index (χ2v) is 7.13. The molecule has 136 valence electrons. The number of hydrogen-bond donors (Lipinski definition) is 3. The molecule has 3 rings (SSSR count). The summed E-state index contributed by atoms with van der Waals surface area (Å²) in [5.41, 5.74) is 1.32. The van der Waals surface area contributed by atoms with Crippen LogP contribution in [0.4, 0.5) is 5.69 Å². The first-order chi connectivity index (χ1) is 12.0. The largest absolute Gasteiger partial charge is 0.495 e. The van der Waals surface area contributed by atoms with Gasteiger partial charge >= 0.3 is 0 Å². The zero-order chi connectivity index (χ0) is 17.9. The molecule has 2 amide bonds. The quantitative estimate of drug-likeness (QED) is 0.763. The number of carbonyl (C=O) groups excluding carboxylic acids is 2. The van der Waals surface area contributed by atoms with Gasteiger partial charge in [-0.3, -0.25) is 9.59 Å². The maximum atomic E-state index is 12.9. The molecule has 1 heterocycles. The van der Waals surface area contributed by atoms with Crippen LogP contribution >= 0.6 is 0 Å². The van der Waals surface area contributed by atoms with E-state index in [4.69, 9.17) is 4.74 Å². The number of benzene rings is 1. The van der Waals surface area contributed by atoms with Crippen LogP contribution in [0.3, 0.4) is 0 Å². The van der Waals surface area contributed by atoms with Gasteiger partial charge in [0, 0.05) is 20.0 Å². The Morgan fingerprint density at radius 3 is 2.96 bits per heavy atom. The second-order valence-electron chi connectivity index (χ2n) is 7.13. The molecule has 1 aliphatic carbocycles. The molecule has 0 radical (unpaired) electrons. The fraction of sp³-hybridized carbons (Fsp3) is 0.579. The SMILES string of the molecule is COc1ccc(CNC(=O)[C@@]23CCCC[C@H]2CNC3)cc1NC(C)=O. The Hall–Kier alpha value is -2.08. The van der Waals surface area contributed by atoms with Gasteiger partial charge in [-0.1, -0.05) is 18.9 Å². The molecular weight excluding hydrogens is 318 g/mol. The summed E-state index contributed by atoms with van der Waals surface area (Å²) in [6.07, 6.45) is 4.45. The van der Waals surface area contributed by atoms with Crippen molar-refractivity contribution in [1.29, 1.82) is 0 Å². The van der Waals surface area contributed by atoms with Crippen LogP contribution in [0.1, 0.15) is 38.2 Å². The molecule has 6 nitrogen and oxygen atoms in total. The lowest BCUT2D eigenvalue weighted by Crippen LogP contribution is -2.47. The second kappa shape index (κ2) is 7.44. The summed E-state index contributed by atoms with van der Waals surface area (Å²) in [5.74, 6) is 1.06. The van der Waals surface area contributed by atoms with Crippen molar-refractivity contribution in [3.63, 3.8) is 0 Å². The minimum Gasteiger partial charge on any atom is -0.495 e. The number of ether oxygens (including phenoxy) is 1. The Morgan fingerprint density at radius 1 is 1.36 bits per heavy atom. The molecule has 1 aliphatic heterocycles. The molecular formula is C19H27N3O3. The molecule has 2 atom stereocenters. The molecule has 1 saturated heterocycles. The van der Waals surface area contributed by atoms with Gasteiger partial charge < -0.3 is 20.7 Å². The van der Waals surface area contributed by atoms with Crippen molar-refractivity contribution in [2.45, 2.75) is 39.2 Å². The van der Waals surface area contributed by atoms with E-state index in [9.17, 15) is 9.59 Å². The summed E-state index contributed by atoms with van der Waals surface area (Å²) in [7, 11) is 1.57. The molecule has 0 aromatic heterocycles. The maximum Gasteiger partial charge on any atom is 0.228 e. The van der Waals surface area contributed by atoms with Gasteiger partial charge in [0.25, 0.3) is 0 Å². The number of amides is 2. The van der Waals surface area contributed by atoms with E-state index >= 15 is 0 Å². The summed E-state index contributed by atoms with van der Waals surface area (Å²) in [6, 6.07) is 5.57. The molecule has 1 aromatic carbocycles. The van der Waals surface area contributed by atoms with Crippen molar-refractivity contribution in [2.75, 3.05) is 25.5 Å². The van der Waals surface area contributed by atoms with E-state index in [0.717, 1.165) is 37.9 Å². The highest BCUT2D eigenvalue weighted by molar-refractivity contribution is 5.90. The average molecular weight is 345 g/mol. The molecule has 25 heavy (non-hydrogen) atoms. The molecule has 6 heteroatoms. The van der Waals surface area contributed by atoms with Crippen molar-refractivity contribution < 1.29 is 14.3 Å². The molecule has 0 unspecified atom stereocenters. The summed E-state index contributed by atoms with van der Waals surface area (Å²) in [5, 5.41) is 9.29. The smallest absolute Gasteiger partial charge is 0.228 e. The molecule has 3 N–H and O–H groups in total. The van der Waals surface area contributed by atoms with Gasteiger partial charge in [0.2, 0.25) is 11.8 Å². The summed E-state index contributed by atoms with van der Waals surface area (Å²) < 4.78 is 5.27. The van der Waals surface area contributed by atoms with Crippen molar-refractivity contribution in [2.24, 2.45) is 11.3 Å². The third-order valence-electron chi connectivity index (χ3n) is 5.52. The molecule has 0 spiro atoms. The van der Waals surface area contributed by atoms with Crippen LogP contribution in [0, 0.1) is 11.3 Å². The third-order valence-corrected chi connectivity index (χ3v) is 5.52. The summed E-state index contributed by atoms with van der Waals surface area (Å²) in [6.45, 7) is 3.64. The maximum absolute atomic E-state index is 12.9. The number of fused-ring (bicyclic) bond motifs is 1. The molecule has 0 bridgehead atoms. The van der Waals surface area contributed by atoms with Crippen molar-refractivity contribution in [3.05, 3.63) is 23.8 Å². The highest BCUT2D eigenvalue weighted by Gasteiger charge is 2.49. The lowest BCUT2D eigenvalue weighted by molar-refractivity contribution is -0.134. The molecule has 1 aromatic rings. The lowest BCUT2D eigenvalue weighted by atomic mass is 9.67. The van der Waals surface area contributed by atoms with Crippen LogP contribution in [-0.2, 0) is 16.1 Å². The Kier molecular flexibility index (Phi) is 5.27. The van der Waals surface area contributed by atoms with E-state index in [2.05, 4.69) is 16.0 Å². The Labute approximate surface area is 148 Å². The molecule has 2 aliphatic rings. The van der Waals surface area contributed by atoms with E-state index in [1.807, 2.05) is 18.2 Å². The topological polar surface area (TPSA) is 79.5 Å². The highest BCUT2D eigenvalue weighted by atomic mass is 16.5. The predicted molar refractivity (Wildman–Crippen MR) is 96.4 cm³/mol. The van der Waals surface area contributed by atoms with E-state index in [1.54, 1.807) is 7.11 Å². The van der Waals surface area contributed by atoms with E-state index in [1.165, 1.54) is 13.3 Å². The van der Waals surface area contributed by atoms with E-state index < -0.39 is 0 Å². The van der Waals surface area contributed by atoms with Gasteiger partial charge in [-0.15, -0.1) is 0 Å². The summed E-state index contributed by atoms with van der Waals surface area (Å²) in [4.78, 5) is 24.3. The van der Waals surface area contributed by atoms with Gasteiger partial charge in [-0.05, 0) is 43.0 Å². The van der Waals surface area contributed by atoms with Gasteiger partial charge in [0.1, 0.15) is 5.75 Å². The molecule has 1 saturated carbocycles. The van der Waals surface area contributed by atoms with Crippen molar-refractivity contribution in [3.8, 4) is 5.75 Å². The first kappa shape index (κ1) is 17.7. The number of nitrogens with one attached hydrogen (secondary N) is 3. The van der Waals surface area contributed by atoms with Gasteiger partial charge in [0.15, 0.2) is 0 Å². The number of carbonyl (C=O) groups is 2. The normalized spacial score (nSPS) is 25.1. The minimum atomic E-state index is -0.245. The minimum absolute atomic E-state index is 0.152.